The SMILES string of the molecule is FC(F)COCCNC(c1cccs1)C1CCCC1. The van der Waals surface area contributed by atoms with E-state index in [0.29, 0.717) is 25.1 Å². The van der Waals surface area contributed by atoms with Gasteiger partial charge in [0.05, 0.1) is 6.61 Å². The van der Waals surface area contributed by atoms with Crippen molar-refractivity contribution in [3.8, 4) is 0 Å². The fourth-order valence-electron chi connectivity index (χ4n) is 2.72. The van der Waals surface area contributed by atoms with Gasteiger partial charge >= 0.3 is 0 Å². The number of hydrogen-bond acceptors (Lipinski definition) is 3. The number of alkyl halides is 2. The first-order valence-corrected chi connectivity index (χ1v) is 7.78. The summed E-state index contributed by atoms with van der Waals surface area (Å²) in [4.78, 5) is 1.35. The van der Waals surface area contributed by atoms with Crippen LogP contribution in [-0.2, 0) is 4.74 Å². The number of nitrogens with one attached hydrogen (secondary N) is 1. The third kappa shape index (κ3) is 4.82. The molecule has 1 aromatic rings. The number of rotatable bonds is 8. The largest absolute Gasteiger partial charge is 0.374 e. The van der Waals surface area contributed by atoms with Gasteiger partial charge in [-0.05, 0) is 30.2 Å². The molecule has 0 aliphatic heterocycles. The minimum atomic E-state index is -2.37. The van der Waals surface area contributed by atoms with Gasteiger partial charge < -0.3 is 10.1 Å². The summed E-state index contributed by atoms with van der Waals surface area (Å²) >= 11 is 1.76. The van der Waals surface area contributed by atoms with Crippen LogP contribution in [0.5, 0.6) is 0 Å². The van der Waals surface area contributed by atoms with Crippen LogP contribution in [0.1, 0.15) is 36.6 Å². The summed E-state index contributed by atoms with van der Waals surface area (Å²) in [6.45, 7) is 0.513. The molecule has 0 amide bonds. The first-order chi connectivity index (χ1) is 9.27. The first kappa shape index (κ1) is 14.9. The fraction of sp³-hybridized carbons (Fsp3) is 0.714. The molecular weight excluding hydrogens is 268 g/mol. The molecular formula is C14H21F2NOS. The van der Waals surface area contributed by atoms with Gasteiger partial charge in [0.2, 0.25) is 0 Å². The Morgan fingerprint density at radius 2 is 2.16 bits per heavy atom. The van der Waals surface area contributed by atoms with Crippen molar-refractivity contribution in [3.63, 3.8) is 0 Å². The Balaban J connectivity index is 1.78. The van der Waals surface area contributed by atoms with E-state index in [9.17, 15) is 8.78 Å². The fourth-order valence-corrected chi connectivity index (χ4v) is 3.61. The van der Waals surface area contributed by atoms with E-state index in [2.05, 4.69) is 22.8 Å². The van der Waals surface area contributed by atoms with E-state index < -0.39 is 13.0 Å². The molecule has 0 bridgehead atoms. The summed E-state index contributed by atoms with van der Waals surface area (Å²) in [5.74, 6) is 0.675. The number of thiophene rings is 1. The summed E-state index contributed by atoms with van der Waals surface area (Å²) in [6, 6.07) is 4.58. The van der Waals surface area contributed by atoms with Crippen LogP contribution in [0.25, 0.3) is 0 Å². The molecule has 1 aromatic heterocycles. The van der Waals surface area contributed by atoms with Gasteiger partial charge in [0.25, 0.3) is 6.43 Å². The normalized spacial score (nSPS) is 18.3. The van der Waals surface area contributed by atoms with Crippen LogP contribution in [0, 0.1) is 5.92 Å². The van der Waals surface area contributed by atoms with E-state index in [4.69, 9.17) is 4.74 Å². The third-order valence-electron chi connectivity index (χ3n) is 3.58. The van der Waals surface area contributed by atoms with Crippen molar-refractivity contribution >= 4 is 11.3 Å². The van der Waals surface area contributed by atoms with Crippen molar-refractivity contribution in [1.82, 2.24) is 5.32 Å². The van der Waals surface area contributed by atoms with Crippen molar-refractivity contribution in [2.24, 2.45) is 5.92 Å². The molecule has 0 radical (unpaired) electrons. The average molecular weight is 289 g/mol. The summed E-state index contributed by atoms with van der Waals surface area (Å²) in [7, 11) is 0. The van der Waals surface area contributed by atoms with Crippen LogP contribution in [-0.4, -0.2) is 26.2 Å². The minimum Gasteiger partial charge on any atom is -0.374 e. The van der Waals surface area contributed by atoms with Gasteiger partial charge in [-0.3, -0.25) is 0 Å². The second-order valence-corrected chi connectivity index (χ2v) is 5.94. The molecule has 1 aliphatic rings. The number of hydrogen-bond donors (Lipinski definition) is 1. The molecule has 5 heteroatoms. The zero-order valence-electron chi connectivity index (χ0n) is 11.0. The van der Waals surface area contributed by atoms with Crippen molar-refractivity contribution in [3.05, 3.63) is 22.4 Å². The van der Waals surface area contributed by atoms with E-state index in [0.717, 1.165) is 0 Å². The molecule has 2 nitrogen and oxygen atoms in total. The van der Waals surface area contributed by atoms with Crippen molar-refractivity contribution in [2.75, 3.05) is 19.8 Å². The molecule has 1 fully saturated rings. The van der Waals surface area contributed by atoms with Gasteiger partial charge in [-0.1, -0.05) is 18.9 Å². The minimum absolute atomic E-state index is 0.346. The van der Waals surface area contributed by atoms with E-state index >= 15 is 0 Å². The van der Waals surface area contributed by atoms with Gasteiger partial charge in [-0.2, -0.15) is 0 Å². The maximum atomic E-state index is 11.9. The quantitative estimate of drug-likeness (QED) is 0.734. The van der Waals surface area contributed by atoms with Crippen LogP contribution >= 0.6 is 11.3 Å². The molecule has 0 spiro atoms. The summed E-state index contributed by atoms with van der Waals surface area (Å²) in [5.41, 5.74) is 0. The van der Waals surface area contributed by atoms with Crippen LogP contribution in [0.3, 0.4) is 0 Å². The predicted octanol–water partition coefficient (Wildman–Crippen LogP) is 3.85. The lowest BCUT2D eigenvalue weighted by atomic mass is 9.97. The third-order valence-corrected chi connectivity index (χ3v) is 4.53. The van der Waals surface area contributed by atoms with Crippen LogP contribution in [0.4, 0.5) is 8.78 Å². The predicted molar refractivity (Wildman–Crippen MR) is 73.8 cm³/mol. The topological polar surface area (TPSA) is 21.3 Å². The Morgan fingerprint density at radius 3 is 2.79 bits per heavy atom. The van der Waals surface area contributed by atoms with Crippen LogP contribution in [0.2, 0.25) is 0 Å². The first-order valence-electron chi connectivity index (χ1n) is 6.90. The van der Waals surface area contributed by atoms with E-state index in [1.807, 2.05) is 0 Å². The Labute approximate surface area is 117 Å². The average Bonchev–Trinajstić information content (AvgIpc) is 3.06. The molecule has 1 atom stereocenters. The van der Waals surface area contributed by atoms with Crippen LogP contribution < -0.4 is 5.32 Å². The highest BCUT2D eigenvalue weighted by Gasteiger charge is 2.26. The number of halogens is 2. The van der Waals surface area contributed by atoms with Crippen molar-refractivity contribution < 1.29 is 13.5 Å². The highest BCUT2D eigenvalue weighted by Crippen LogP contribution is 2.37. The molecule has 2 rings (SSSR count). The molecule has 1 N–H and O–H groups in total. The van der Waals surface area contributed by atoms with E-state index in [1.165, 1.54) is 30.6 Å². The molecule has 1 heterocycles. The highest BCUT2D eigenvalue weighted by molar-refractivity contribution is 7.10. The Kier molecular flexibility index (Phi) is 6.20. The molecule has 0 aromatic carbocycles. The molecule has 1 unspecified atom stereocenters. The molecule has 0 saturated heterocycles. The lowest BCUT2D eigenvalue weighted by Gasteiger charge is -2.23. The smallest absolute Gasteiger partial charge is 0.261 e. The second kappa shape index (κ2) is 7.92. The monoisotopic (exact) mass is 289 g/mol. The molecule has 19 heavy (non-hydrogen) atoms. The summed E-state index contributed by atoms with van der Waals surface area (Å²) < 4.78 is 28.8. The van der Waals surface area contributed by atoms with E-state index in [-0.39, 0.29) is 0 Å². The van der Waals surface area contributed by atoms with Crippen molar-refractivity contribution in [2.45, 2.75) is 38.2 Å². The molecule has 1 saturated carbocycles. The second-order valence-electron chi connectivity index (χ2n) is 4.96. The lowest BCUT2D eigenvalue weighted by Crippen LogP contribution is -2.29. The zero-order valence-corrected chi connectivity index (χ0v) is 11.8. The summed E-state index contributed by atoms with van der Waals surface area (Å²) in [5, 5.41) is 5.57. The molecule has 108 valence electrons. The van der Waals surface area contributed by atoms with Gasteiger partial charge in [-0.15, -0.1) is 11.3 Å². The van der Waals surface area contributed by atoms with Gasteiger partial charge in [0.15, 0.2) is 0 Å². The molecule has 1 aliphatic carbocycles. The van der Waals surface area contributed by atoms with Gasteiger partial charge in [0.1, 0.15) is 6.61 Å². The maximum Gasteiger partial charge on any atom is 0.261 e. The Morgan fingerprint density at radius 1 is 1.37 bits per heavy atom. The van der Waals surface area contributed by atoms with Crippen LogP contribution in [0.15, 0.2) is 17.5 Å². The van der Waals surface area contributed by atoms with Gasteiger partial charge in [0, 0.05) is 17.5 Å². The standard InChI is InChI=1S/C14H21F2NOS/c15-13(16)10-18-8-7-17-14(11-4-1-2-5-11)12-6-3-9-19-12/h3,6,9,11,13-14,17H,1-2,4-5,7-8,10H2. The Hall–Kier alpha value is -0.520. The van der Waals surface area contributed by atoms with E-state index in [1.54, 1.807) is 11.3 Å². The number of ether oxygens (including phenoxy) is 1. The Bertz CT molecular complexity index is 339. The summed E-state index contributed by atoms with van der Waals surface area (Å²) in [6.07, 6.45) is 2.75. The van der Waals surface area contributed by atoms with Gasteiger partial charge in [-0.25, -0.2) is 8.78 Å². The maximum absolute atomic E-state index is 11.9. The lowest BCUT2D eigenvalue weighted by molar-refractivity contribution is 0.0178. The van der Waals surface area contributed by atoms with Crippen molar-refractivity contribution in [1.29, 1.82) is 0 Å². The zero-order chi connectivity index (χ0) is 13.5. The highest BCUT2D eigenvalue weighted by atomic mass is 32.1.